The Kier molecular flexibility index (Phi) is 6.46. The molecule has 2 N–H and O–H groups in total. The maximum atomic E-state index is 13.1. The molecule has 2 amide bonds. The first-order chi connectivity index (χ1) is 12.0. The standard InChI is InChI=1S/C20H21FN2O2/c1-14(2)13-22-20(25)17-8-3-4-9-18(17)23-19(24)11-10-15-6-5-7-16(21)12-15/h3-12,14H,13H2,1-2H3,(H,22,25)(H,23,24)/b11-10+. The third-order valence-electron chi connectivity index (χ3n) is 3.38. The molecular weight excluding hydrogens is 319 g/mol. The molecule has 2 aromatic rings. The molecule has 0 fully saturated rings. The van der Waals surface area contributed by atoms with Crippen molar-refractivity contribution in [2.75, 3.05) is 11.9 Å². The topological polar surface area (TPSA) is 58.2 Å². The highest BCUT2D eigenvalue weighted by atomic mass is 19.1. The zero-order valence-electron chi connectivity index (χ0n) is 14.3. The van der Waals surface area contributed by atoms with Gasteiger partial charge < -0.3 is 10.6 Å². The molecule has 0 saturated heterocycles. The first-order valence-corrected chi connectivity index (χ1v) is 8.07. The van der Waals surface area contributed by atoms with Gasteiger partial charge in [0.2, 0.25) is 5.91 Å². The van der Waals surface area contributed by atoms with Crippen molar-refractivity contribution in [2.24, 2.45) is 5.92 Å². The molecule has 0 atom stereocenters. The van der Waals surface area contributed by atoms with E-state index in [1.165, 1.54) is 24.3 Å². The van der Waals surface area contributed by atoms with E-state index in [1.54, 1.807) is 36.4 Å². The average molecular weight is 340 g/mol. The van der Waals surface area contributed by atoms with E-state index in [2.05, 4.69) is 10.6 Å². The summed E-state index contributed by atoms with van der Waals surface area (Å²) in [6.45, 7) is 4.57. The number of nitrogens with one attached hydrogen (secondary N) is 2. The van der Waals surface area contributed by atoms with Gasteiger partial charge in [-0.25, -0.2) is 4.39 Å². The number of amides is 2. The predicted octanol–water partition coefficient (Wildman–Crippen LogP) is 3.86. The summed E-state index contributed by atoms with van der Waals surface area (Å²) in [4.78, 5) is 24.3. The van der Waals surface area contributed by atoms with E-state index < -0.39 is 5.91 Å². The summed E-state index contributed by atoms with van der Waals surface area (Å²) in [6, 6.07) is 12.7. The number of halogens is 1. The Hall–Kier alpha value is -2.95. The molecule has 5 heteroatoms. The quantitative estimate of drug-likeness (QED) is 0.785. The highest BCUT2D eigenvalue weighted by molar-refractivity contribution is 6.07. The van der Waals surface area contributed by atoms with Crippen LogP contribution in [0.25, 0.3) is 6.08 Å². The molecule has 25 heavy (non-hydrogen) atoms. The van der Waals surface area contributed by atoms with Crippen LogP contribution in [0.3, 0.4) is 0 Å². The normalized spacial score (nSPS) is 10.9. The molecule has 0 aliphatic heterocycles. The van der Waals surface area contributed by atoms with Crippen molar-refractivity contribution in [3.05, 3.63) is 71.6 Å². The molecule has 0 aliphatic carbocycles. The van der Waals surface area contributed by atoms with Gasteiger partial charge in [0.15, 0.2) is 0 Å². The summed E-state index contributed by atoms with van der Waals surface area (Å²) in [5.41, 5.74) is 1.41. The van der Waals surface area contributed by atoms with Crippen LogP contribution in [0.4, 0.5) is 10.1 Å². The molecular formula is C20H21FN2O2. The van der Waals surface area contributed by atoms with Crippen molar-refractivity contribution in [1.82, 2.24) is 5.32 Å². The lowest BCUT2D eigenvalue weighted by Crippen LogP contribution is -2.28. The van der Waals surface area contributed by atoms with Crippen LogP contribution >= 0.6 is 0 Å². The Labute approximate surface area is 146 Å². The number of hydrogen-bond acceptors (Lipinski definition) is 2. The van der Waals surface area contributed by atoms with Gasteiger partial charge in [-0.3, -0.25) is 9.59 Å². The molecule has 0 radical (unpaired) electrons. The second-order valence-corrected chi connectivity index (χ2v) is 6.03. The Morgan fingerprint density at radius 3 is 2.60 bits per heavy atom. The molecule has 2 rings (SSSR count). The van der Waals surface area contributed by atoms with Crippen LogP contribution in [0.1, 0.15) is 29.8 Å². The molecule has 0 aliphatic rings. The fraction of sp³-hybridized carbons (Fsp3) is 0.200. The Morgan fingerprint density at radius 2 is 1.88 bits per heavy atom. The van der Waals surface area contributed by atoms with E-state index in [0.29, 0.717) is 29.3 Å². The van der Waals surface area contributed by atoms with E-state index >= 15 is 0 Å². The minimum absolute atomic E-state index is 0.237. The van der Waals surface area contributed by atoms with Gasteiger partial charge >= 0.3 is 0 Å². The minimum Gasteiger partial charge on any atom is -0.352 e. The molecule has 0 saturated carbocycles. The first kappa shape index (κ1) is 18.4. The van der Waals surface area contributed by atoms with E-state index in [4.69, 9.17) is 0 Å². The molecule has 0 unspecified atom stereocenters. The van der Waals surface area contributed by atoms with Crippen molar-refractivity contribution in [3.63, 3.8) is 0 Å². The van der Waals surface area contributed by atoms with E-state index in [1.807, 2.05) is 13.8 Å². The SMILES string of the molecule is CC(C)CNC(=O)c1ccccc1NC(=O)/C=C/c1cccc(F)c1. The van der Waals surface area contributed by atoms with Gasteiger partial charge in [-0.2, -0.15) is 0 Å². The maximum absolute atomic E-state index is 13.1. The summed E-state index contributed by atoms with van der Waals surface area (Å²) in [5.74, 6) is -0.665. The lowest BCUT2D eigenvalue weighted by Gasteiger charge is -2.11. The van der Waals surface area contributed by atoms with Gasteiger partial charge in [-0.05, 0) is 41.8 Å². The highest BCUT2D eigenvalue weighted by Gasteiger charge is 2.12. The molecule has 4 nitrogen and oxygen atoms in total. The van der Waals surface area contributed by atoms with Crippen molar-refractivity contribution in [2.45, 2.75) is 13.8 Å². The number of benzene rings is 2. The summed E-state index contributed by atoms with van der Waals surface area (Å²) < 4.78 is 13.1. The zero-order chi connectivity index (χ0) is 18.2. The van der Waals surface area contributed by atoms with Gasteiger partial charge in [0.1, 0.15) is 5.82 Å². The lowest BCUT2D eigenvalue weighted by atomic mass is 10.1. The number of hydrogen-bond donors (Lipinski definition) is 2. The van der Waals surface area contributed by atoms with Crippen molar-refractivity contribution < 1.29 is 14.0 Å². The third-order valence-corrected chi connectivity index (χ3v) is 3.38. The summed E-state index contributed by atoms with van der Waals surface area (Å²) in [6.07, 6.45) is 2.82. The van der Waals surface area contributed by atoms with Crippen LogP contribution in [0.5, 0.6) is 0 Å². The zero-order valence-corrected chi connectivity index (χ0v) is 14.3. The second-order valence-electron chi connectivity index (χ2n) is 6.03. The molecule has 130 valence electrons. The van der Waals surface area contributed by atoms with Gasteiger partial charge in [0, 0.05) is 12.6 Å². The van der Waals surface area contributed by atoms with Crippen LogP contribution in [-0.4, -0.2) is 18.4 Å². The predicted molar refractivity (Wildman–Crippen MR) is 97.7 cm³/mol. The second kappa shape index (κ2) is 8.78. The van der Waals surface area contributed by atoms with Gasteiger partial charge in [0.25, 0.3) is 5.91 Å². The number of para-hydroxylation sites is 1. The lowest BCUT2D eigenvalue weighted by molar-refractivity contribution is -0.111. The van der Waals surface area contributed by atoms with Gasteiger partial charge in [-0.1, -0.05) is 38.1 Å². The van der Waals surface area contributed by atoms with Crippen LogP contribution in [0, 0.1) is 11.7 Å². The smallest absolute Gasteiger partial charge is 0.253 e. The Morgan fingerprint density at radius 1 is 1.12 bits per heavy atom. The van der Waals surface area contributed by atoms with Crippen LogP contribution in [0.2, 0.25) is 0 Å². The van der Waals surface area contributed by atoms with E-state index in [0.717, 1.165) is 0 Å². The molecule has 0 aromatic heterocycles. The van der Waals surface area contributed by atoms with Crippen LogP contribution in [-0.2, 0) is 4.79 Å². The summed E-state index contributed by atoms with van der Waals surface area (Å²) >= 11 is 0. The fourth-order valence-corrected chi connectivity index (χ4v) is 2.14. The number of carbonyl (C=O) groups excluding carboxylic acids is 2. The number of anilines is 1. The van der Waals surface area contributed by atoms with Crippen molar-refractivity contribution >= 4 is 23.6 Å². The maximum Gasteiger partial charge on any atom is 0.253 e. The molecule has 0 bridgehead atoms. The van der Waals surface area contributed by atoms with Gasteiger partial charge in [0.05, 0.1) is 11.3 Å². The summed E-state index contributed by atoms with van der Waals surface area (Å²) in [7, 11) is 0. The van der Waals surface area contributed by atoms with E-state index in [-0.39, 0.29) is 11.7 Å². The van der Waals surface area contributed by atoms with Crippen molar-refractivity contribution in [1.29, 1.82) is 0 Å². The largest absolute Gasteiger partial charge is 0.352 e. The number of rotatable bonds is 6. The first-order valence-electron chi connectivity index (χ1n) is 8.07. The van der Waals surface area contributed by atoms with Crippen LogP contribution in [0.15, 0.2) is 54.6 Å². The Bertz CT molecular complexity index is 785. The molecule has 0 heterocycles. The third kappa shape index (κ3) is 5.88. The average Bonchev–Trinajstić information content (AvgIpc) is 2.58. The molecule has 0 spiro atoms. The highest BCUT2D eigenvalue weighted by Crippen LogP contribution is 2.15. The Balaban J connectivity index is 2.07. The van der Waals surface area contributed by atoms with Crippen molar-refractivity contribution in [3.8, 4) is 0 Å². The van der Waals surface area contributed by atoms with Crippen LogP contribution < -0.4 is 10.6 Å². The van der Waals surface area contributed by atoms with E-state index in [9.17, 15) is 14.0 Å². The van der Waals surface area contributed by atoms with Gasteiger partial charge in [-0.15, -0.1) is 0 Å². The minimum atomic E-state index is -0.395. The fourth-order valence-electron chi connectivity index (χ4n) is 2.14. The summed E-state index contributed by atoms with van der Waals surface area (Å²) in [5, 5.41) is 5.51. The monoisotopic (exact) mass is 340 g/mol. The number of carbonyl (C=O) groups is 2. The molecule has 2 aromatic carbocycles.